The number of carbonyl (C=O) groups excluding carboxylic acids is 2. The summed E-state index contributed by atoms with van der Waals surface area (Å²) in [5.74, 6) is 2.16. The van der Waals surface area contributed by atoms with Crippen LogP contribution < -0.4 is 10.6 Å². The fourth-order valence-corrected chi connectivity index (χ4v) is 6.49. The average Bonchev–Trinajstić information content (AvgIpc) is 2.74. The van der Waals surface area contributed by atoms with Gasteiger partial charge in [-0.1, -0.05) is 42.5 Å². The Balaban J connectivity index is 1.26. The van der Waals surface area contributed by atoms with Gasteiger partial charge < -0.3 is 10.6 Å². The van der Waals surface area contributed by atoms with E-state index in [1.165, 1.54) is 24.8 Å². The lowest BCUT2D eigenvalue weighted by Crippen LogP contribution is -2.51. The number of amides is 2. The molecule has 6 rings (SSSR count). The van der Waals surface area contributed by atoms with Gasteiger partial charge in [-0.2, -0.15) is 0 Å². The van der Waals surface area contributed by atoms with Gasteiger partial charge in [-0.15, -0.1) is 0 Å². The Bertz CT molecular complexity index is 902. The summed E-state index contributed by atoms with van der Waals surface area (Å²) in [6.45, 7) is 0.570. The smallest absolute Gasteiger partial charge is 0.253 e. The lowest BCUT2D eigenvalue weighted by molar-refractivity contribution is -0.140. The molecule has 4 heteroatoms. The Morgan fingerprint density at radius 3 is 2.10 bits per heavy atom. The first-order valence-electron chi connectivity index (χ1n) is 11.3. The maximum atomic E-state index is 13.4. The van der Waals surface area contributed by atoms with Crippen molar-refractivity contribution in [2.75, 3.05) is 11.9 Å². The Morgan fingerprint density at radius 1 is 0.833 bits per heavy atom. The monoisotopic (exact) mass is 402 g/mol. The highest BCUT2D eigenvalue weighted by Gasteiger charge is 2.54. The SMILES string of the molecule is O=C(NCCc1ccccc1)c1ccccc1NC(=O)C12CC3CC(CC(C3)C1)C2. The van der Waals surface area contributed by atoms with Crippen LogP contribution in [-0.4, -0.2) is 18.4 Å². The third kappa shape index (κ3) is 3.76. The van der Waals surface area contributed by atoms with E-state index in [2.05, 4.69) is 22.8 Å². The molecular formula is C26H30N2O2. The second-order valence-electron chi connectivity index (χ2n) is 9.69. The number of anilines is 1. The van der Waals surface area contributed by atoms with Gasteiger partial charge >= 0.3 is 0 Å². The minimum Gasteiger partial charge on any atom is -0.352 e. The van der Waals surface area contributed by atoms with Crippen molar-refractivity contribution >= 4 is 17.5 Å². The van der Waals surface area contributed by atoms with Gasteiger partial charge in [0.15, 0.2) is 0 Å². The molecule has 4 bridgehead atoms. The van der Waals surface area contributed by atoms with Crippen LogP contribution in [0, 0.1) is 23.2 Å². The number of benzene rings is 2. The highest BCUT2D eigenvalue weighted by atomic mass is 16.2. The fraction of sp³-hybridized carbons (Fsp3) is 0.462. The molecule has 4 aliphatic carbocycles. The summed E-state index contributed by atoms with van der Waals surface area (Å²) in [5.41, 5.74) is 2.16. The van der Waals surface area contributed by atoms with Crippen LogP contribution in [0.3, 0.4) is 0 Å². The van der Waals surface area contributed by atoms with Crippen LogP contribution in [0.5, 0.6) is 0 Å². The maximum absolute atomic E-state index is 13.4. The summed E-state index contributed by atoms with van der Waals surface area (Å²) >= 11 is 0. The first-order chi connectivity index (χ1) is 14.6. The van der Waals surface area contributed by atoms with Crippen LogP contribution in [0.2, 0.25) is 0 Å². The Morgan fingerprint density at radius 2 is 1.43 bits per heavy atom. The third-order valence-corrected chi connectivity index (χ3v) is 7.48. The van der Waals surface area contributed by atoms with E-state index in [9.17, 15) is 9.59 Å². The van der Waals surface area contributed by atoms with Gasteiger partial charge in [-0.3, -0.25) is 9.59 Å². The quantitative estimate of drug-likeness (QED) is 0.728. The molecule has 4 nitrogen and oxygen atoms in total. The molecule has 0 atom stereocenters. The number of hydrogen-bond donors (Lipinski definition) is 2. The van der Waals surface area contributed by atoms with E-state index < -0.39 is 0 Å². The molecule has 4 aliphatic rings. The van der Waals surface area contributed by atoms with Crippen molar-refractivity contribution in [2.24, 2.45) is 23.2 Å². The molecular weight excluding hydrogens is 372 g/mol. The Kier molecular flexibility index (Phi) is 5.10. The van der Waals surface area contributed by atoms with Crippen molar-refractivity contribution in [3.63, 3.8) is 0 Å². The van der Waals surface area contributed by atoms with Crippen LogP contribution in [0.25, 0.3) is 0 Å². The van der Waals surface area contributed by atoms with Crippen molar-refractivity contribution in [1.82, 2.24) is 5.32 Å². The molecule has 2 amide bonds. The maximum Gasteiger partial charge on any atom is 0.253 e. The van der Waals surface area contributed by atoms with Gasteiger partial charge in [0.05, 0.1) is 16.7 Å². The highest BCUT2D eigenvalue weighted by molar-refractivity contribution is 6.05. The van der Waals surface area contributed by atoms with Crippen LogP contribution in [0.1, 0.15) is 54.4 Å². The number of rotatable bonds is 6. The van der Waals surface area contributed by atoms with Crippen molar-refractivity contribution < 1.29 is 9.59 Å². The predicted molar refractivity (Wildman–Crippen MR) is 118 cm³/mol. The van der Waals surface area contributed by atoms with Crippen molar-refractivity contribution in [1.29, 1.82) is 0 Å². The molecule has 0 spiro atoms. The fourth-order valence-electron chi connectivity index (χ4n) is 6.49. The van der Waals surface area contributed by atoms with E-state index >= 15 is 0 Å². The largest absolute Gasteiger partial charge is 0.352 e. The first kappa shape index (κ1) is 19.3. The summed E-state index contributed by atoms with van der Waals surface area (Å²) in [6, 6.07) is 17.5. The molecule has 0 radical (unpaired) electrons. The summed E-state index contributed by atoms with van der Waals surface area (Å²) in [5, 5.41) is 6.16. The minimum atomic E-state index is -0.217. The molecule has 0 heterocycles. The van der Waals surface area contributed by atoms with Crippen LogP contribution in [0.15, 0.2) is 54.6 Å². The number of carbonyl (C=O) groups is 2. The van der Waals surface area contributed by atoms with E-state index in [1.54, 1.807) is 6.07 Å². The standard InChI is InChI=1S/C26H30N2O2/c29-24(27-11-10-18-6-2-1-3-7-18)22-8-4-5-9-23(22)28-25(30)26-15-19-12-20(16-26)14-21(13-19)17-26/h1-9,19-21H,10-17H2,(H,27,29)(H,28,30). The van der Waals surface area contributed by atoms with Crippen molar-refractivity contribution in [3.8, 4) is 0 Å². The molecule has 30 heavy (non-hydrogen) atoms. The van der Waals surface area contributed by atoms with E-state index in [1.807, 2.05) is 36.4 Å². The number of nitrogens with one attached hydrogen (secondary N) is 2. The van der Waals surface area contributed by atoms with Gasteiger partial charge in [0.25, 0.3) is 5.91 Å². The van der Waals surface area contributed by atoms with Gasteiger partial charge in [0, 0.05) is 6.54 Å². The molecule has 156 valence electrons. The number of hydrogen-bond acceptors (Lipinski definition) is 2. The summed E-state index contributed by atoms with van der Waals surface area (Å²) in [6.07, 6.45) is 7.80. The zero-order valence-corrected chi connectivity index (χ0v) is 17.4. The van der Waals surface area contributed by atoms with Crippen LogP contribution >= 0.6 is 0 Å². The normalized spacial score (nSPS) is 28.9. The Hall–Kier alpha value is -2.62. The molecule has 0 aromatic heterocycles. The van der Waals surface area contributed by atoms with E-state index in [4.69, 9.17) is 0 Å². The molecule has 2 aromatic rings. The molecule has 2 N–H and O–H groups in total. The second kappa shape index (κ2) is 7.90. The van der Waals surface area contributed by atoms with E-state index in [0.29, 0.717) is 17.8 Å². The number of para-hydroxylation sites is 1. The first-order valence-corrected chi connectivity index (χ1v) is 11.3. The van der Waals surface area contributed by atoms with Gasteiger partial charge in [0.2, 0.25) is 5.91 Å². The van der Waals surface area contributed by atoms with Crippen molar-refractivity contribution in [2.45, 2.75) is 44.9 Å². The van der Waals surface area contributed by atoms with Gasteiger partial charge in [-0.05, 0) is 80.4 Å². The molecule has 4 fully saturated rings. The zero-order chi connectivity index (χ0) is 20.6. The molecule has 0 aliphatic heterocycles. The Labute approximate surface area is 178 Å². The third-order valence-electron chi connectivity index (χ3n) is 7.48. The lowest BCUT2D eigenvalue weighted by atomic mass is 9.49. The summed E-state index contributed by atoms with van der Waals surface area (Å²) < 4.78 is 0. The highest BCUT2D eigenvalue weighted by Crippen LogP contribution is 2.60. The lowest BCUT2D eigenvalue weighted by Gasteiger charge is -2.55. The summed E-state index contributed by atoms with van der Waals surface area (Å²) in [7, 11) is 0. The van der Waals surface area contributed by atoms with Crippen molar-refractivity contribution in [3.05, 3.63) is 65.7 Å². The van der Waals surface area contributed by atoms with E-state index in [0.717, 1.165) is 43.4 Å². The molecule has 0 unspecified atom stereocenters. The van der Waals surface area contributed by atoms with Crippen LogP contribution in [-0.2, 0) is 11.2 Å². The van der Waals surface area contributed by atoms with Gasteiger partial charge in [-0.25, -0.2) is 0 Å². The molecule has 4 saturated carbocycles. The minimum absolute atomic E-state index is 0.131. The average molecular weight is 403 g/mol. The zero-order valence-electron chi connectivity index (χ0n) is 17.4. The summed E-state index contributed by atoms with van der Waals surface area (Å²) in [4.78, 5) is 26.2. The predicted octanol–water partition coefficient (Wildman–Crippen LogP) is 4.81. The van der Waals surface area contributed by atoms with E-state index in [-0.39, 0.29) is 17.2 Å². The second-order valence-corrected chi connectivity index (χ2v) is 9.69. The van der Waals surface area contributed by atoms with Crippen LogP contribution in [0.4, 0.5) is 5.69 Å². The van der Waals surface area contributed by atoms with Gasteiger partial charge in [0.1, 0.15) is 0 Å². The topological polar surface area (TPSA) is 58.2 Å². The molecule has 2 aromatic carbocycles. The molecule has 0 saturated heterocycles.